The lowest BCUT2D eigenvalue weighted by atomic mass is 10.4. The van der Waals surface area contributed by atoms with Crippen LogP contribution in [-0.2, 0) is 13.9 Å². The molecule has 10 heteroatoms. The normalized spacial score (nSPS) is 22.5. The van der Waals surface area contributed by atoms with Crippen LogP contribution in [0, 0.1) is 0 Å². The van der Waals surface area contributed by atoms with Gasteiger partial charge in [0.15, 0.2) is 0 Å². The number of nitrogens with one attached hydrogen (secondary N) is 1. The number of carbonyl (C=O) groups is 1. The molecule has 0 saturated carbocycles. The SMILES string of the molecule is NP(=O)(OCCC1NC(=O)CS1)N(CCCl)CCCl. The van der Waals surface area contributed by atoms with E-state index in [2.05, 4.69) is 5.32 Å². The zero-order valence-corrected chi connectivity index (χ0v) is 13.6. The molecule has 0 spiro atoms. The zero-order chi connectivity index (χ0) is 14.3. The van der Waals surface area contributed by atoms with Gasteiger partial charge in [0.2, 0.25) is 5.91 Å². The molecule has 1 saturated heterocycles. The summed E-state index contributed by atoms with van der Waals surface area (Å²) in [6.45, 7) is 0.931. The number of hydrogen-bond acceptors (Lipinski definition) is 4. The van der Waals surface area contributed by atoms with Gasteiger partial charge in [0.05, 0.1) is 17.7 Å². The van der Waals surface area contributed by atoms with Crippen LogP contribution in [0.4, 0.5) is 0 Å². The van der Waals surface area contributed by atoms with Crippen molar-refractivity contribution in [3.63, 3.8) is 0 Å². The molecule has 1 aliphatic rings. The van der Waals surface area contributed by atoms with Crippen LogP contribution in [0.1, 0.15) is 6.42 Å². The van der Waals surface area contributed by atoms with Crippen molar-refractivity contribution in [3.8, 4) is 0 Å². The van der Waals surface area contributed by atoms with E-state index < -0.39 is 7.67 Å². The molecule has 1 amide bonds. The van der Waals surface area contributed by atoms with Crippen LogP contribution in [0.15, 0.2) is 0 Å². The van der Waals surface area contributed by atoms with Crippen molar-refractivity contribution >= 4 is 48.5 Å². The highest BCUT2D eigenvalue weighted by Crippen LogP contribution is 2.42. The van der Waals surface area contributed by atoms with Gasteiger partial charge in [0.1, 0.15) is 0 Å². The number of rotatable bonds is 9. The minimum absolute atomic E-state index is 0.00186. The predicted molar refractivity (Wildman–Crippen MR) is 79.8 cm³/mol. The van der Waals surface area contributed by atoms with Gasteiger partial charge < -0.3 is 9.84 Å². The maximum absolute atomic E-state index is 12.2. The Hall–Kier alpha value is 0.510. The topological polar surface area (TPSA) is 84.7 Å². The second-order valence-corrected chi connectivity index (χ2v) is 7.78. The molecule has 0 radical (unpaired) electrons. The molecule has 2 unspecified atom stereocenters. The van der Waals surface area contributed by atoms with E-state index in [0.717, 1.165) is 0 Å². The van der Waals surface area contributed by atoms with E-state index in [1.54, 1.807) is 0 Å². The molecule has 0 aromatic heterocycles. The zero-order valence-electron chi connectivity index (χ0n) is 10.4. The third kappa shape index (κ3) is 6.21. The number of nitrogens with two attached hydrogens (primary N) is 1. The van der Waals surface area contributed by atoms with Gasteiger partial charge in [-0.15, -0.1) is 35.0 Å². The highest BCUT2D eigenvalue weighted by molar-refractivity contribution is 8.01. The third-order valence-corrected chi connectivity index (χ3v) is 5.74. The highest BCUT2D eigenvalue weighted by atomic mass is 35.5. The first kappa shape index (κ1) is 17.6. The Labute approximate surface area is 127 Å². The maximum atomic E-state index is 12.2. The number of alkyl halides is 2. The van der Waals surface area contributed by atoms with Crippen molar-refractivity contribution in [3.05, 3.63) is 0 Å². The summed E-state index contributed by atoms with van der Waals surface area (Å²) in [4.78, 5) is 11.0. The van der Waals surface area contributed by atoms with Crippen LogP contribution in [0.3, 0.4) is 0 Å². The van der Waals surface area contributed by atoms with Gasteiger partial charge in [0, 0.05) is 31.3 Å². The minimum atomic E-state index is -3.37. The molecule has 2 atom stereocenters. The van der Waals surface area contributed by atoms with Gasteiger partial charge in [-0.1, -0.05) is 0 Å². The average Bonchev–Trinajstić information content (AvgIpc) is 2.74. The molecule has 6 nitrogen and oxygen atoms in total. The summed E-state index contributed by atoms with van der Waals surface area (Å²) in [5.41, 5.74) is 5.69. The Kier molecular flexibility index (Phi) is 8.06. The van der Waals surface area contributed by atoms with Crippen LogP contribution in [0.5, 0.6) is 0 Å². The Bertz CT molecular complexity index is 345. The molecule has 1 aliphatic heterocycles. The summed E-state index contributed by atoms with van der Waals surface area (Å²) in [7, 11) is -3.37. The van der Waals surface area contributed by atoms with Crippen molar-refractivity contribution in [2.75, 3.05) is 37.2 Å². The Morgan fingerprint density at radius 1 is 1.47 bits per heavy atom. The molecule has 19 heavy (non-hydrogen) atoms. The van der Waals surface area contributed by atoms with Crippen LogP contribution < -0.4 is 10.8 Å². The summed E-state index contributed by atoms with van der Waals surface area (Å²) in [6.07, 6.45) is 0.563. The predicted octanol–water partition coefficient (Wildman–Crippen LogP) is 1.43. The van der Waals surface area contributed by atoms with Gasteiger partial charge in [-0.2, -0.15) is 0 Å². The Morgan fingerprint density at radius 3 is 2.58 bits per heavy atom. The minimum Gasteiger partial charge on any atom is -0.344 e. The number of thioether (sulfide) groups is 1. The molecule has 1 heterocycles. The third-order valence-electron chi connectivity index (χ3n) is 2.47. The largest absolute Gasteiger partial charge is 0.344 e. The molecule has 112 valence electrons. The van der Waals surface area contributed by atoms with Crippen LogP contribution in [-0.4, -0.2) is 53.2 Å². The lowest BCUT2D eigenvalue weighted by Gasteiger charge is -2.26. The Morgan fingerprint density at radius 2 is 2.11 bits per heavy atom. The fourth-order valence-corrected chi connectivity index (χ4v) is 4.40. The molecule has 0 aliphatic carbocycles. The molecular weight excluding hydrogens is 332 g/mol. The highest BCUT2D eigenvalue weighted by Gasteiger charge is 2.28. The summed E-state index contributed by atoms with van der Waals surface area (Å²) in [5.74, 6) is 1.07. The number of carbonyl (C=O) groups excluding carboxylic acids is 1. The Balaban J connectivity index is 2.35. The van der Waals surface area contributed by atoms with Gasteiger partial charge in [-0.05, 0) is 0 Å². The average molecular weight is 350 g/mol. The van der Waals surface area contributed by atoms with E-state index in [0.29, 0.717) is 37.0 Å². The molecule has 1 rings (SSSR count). The number of amides is 1. The second-order valence-electron chi connectivity index (χ2n) is 3.88. The van der Waals surface area contributed by atoms with E-state index in [1.807, 2.05) is 0 Å². The number of hydrogen-bond donors (Lipinski definition) is 2. The molecule has 1 fully saturated rings. The van der Waals surface area contributed by atoms with Crippen molar-refractivity contribution in [1.82, 2.24) is 9.99 Å². The molecule has 0 aromatic carbocycles. The van der Waals surface area contributed by atoms with Gasteiger partial charge in [-0.3, -0.25) is 9.36 Å². The first-order valence-corrected chi connectivity index (χ1v) is 9.57. The number of halogens is 2. The van der Waals surface area contributed by atoms with E-state index in [1.165, 1.54) is 16.4 Å². The molecule has 3 N–H and O–H groups in total. The fourth-order valence-electron chi connectivity index (χ4n) is 1.55. The second kappa shape index (κ2) is 8.72. The van der Waals surface area contributed by atoms with Gasteiger partial charge in [0.25, 0.3) is 0 Å². The summed E-state index contributed by atoms with van der Waals surface area (Å²) < 4.78 is 18.9. The fraction of sp³-hybridized carbons (Fsp3) is 0.889. The monoisotopic (exact) mass is 349 g/mol. The van der Waals surface area contributed by atoms with Crippen molar-refractivity contribution in [2.45, 2.75) is 11.8 Å². The van der Waals surface area contributed by atoms with Crippen LogP contribution in [0.2, 0.25) is 0 Å². The molecule has 0 aromatic rings. The molecule has 0 bridgehead atoms. The van der Waals surface area contributed by atoms with E-state index in [-0.39, 0.29) is 17.9 Å². The smallest absolute Gasteiger partial charge is 0.340 e. The maximum Gasteiger partial charge on any atom is 0.340 e. The number of nitrogens with zero attached hydrogens (tertiary/aromatic N) is 1. The lowest BCUT2D eigenvalue weighted by molar-refractivity contribution is -0.118. The standard InChI is InChI=1S/C9H18Cl2N3O3PS/c10-2-4-14(5-3-11)18(12,16)17-6-1-9-13-8(15)7-19-9/h9H,1-7H2,(H2,12,16)(H,13,15). The van der Waals surface area contributed by atoms with E-state index >= 15 is 0 Å². The van der Waals surface area contributed by atoms with Gasteiger partial charge in [-0.25, -0.2) is 10.2 Å². The van der Waals surface area contributed by atoms with Crippen molar-refractivity contribution in [1.29, 1.82) is 0 Å². The van der Waals surface area contributed by atoms with Crippen LogP contribution in [0.25, 0.3) is 0 Å². The molecular formula is C9H18Cl2N3O3PS. The summed E-state index contributed by atoms with van der Waals surface area (Å²) >= 11 is 12.8. The van der Waals surface area contributed by atoms with E-state index in [4.69, 9.17) is 33.2 Å². The van der Waals surface area contributed by atoms with Crippen molar-refractivity contribution in [2.24, 2.45) is 5.50 Å². The van der Waals surface area contributed by atoms with Gasteiger partial charge >= 0.3 is 7.67 Å². The van der Waals surface area contributed by atoms with Crippen molar-refractivity contribution < 1.29 is 13.9 Å². The van der Waals surface area contributed by atoms with E-state index in [9.17, 15) is 9.36 Å². The quantitative estimate of drug-likeness (QED) is 0.483. The van der Waals surface area contributed by atoms with Crippen LogP contribution >= 0.6 is 42.6 Å². The first-order chi connectivity index (χ1) is 8.99. The first-order valence-electron chi connectivity index (χ1n) is 5.81. The lowest BCUT2D eigenvalue weighted by Crippen LogP contribution is -2.30. The summed E-state index contributed by atoms with van der Waals surface area (Å²) in [5, 5.41) is 2.78. The summed E-state index contributed by atoms with van der Waals surface area (Å²) in [6, 6.07) is 0.